The maximum atomic E-state index is 4.20. The number of anilines is 1. The average Bonchev–Trinajstić information content (AvgIpc) is 2.56. The van der Waals surface area contributed by atoms with E-state index < -0.39 is 0 Å². The normalized spacial score (nSPS) is 17.4. The van der Waals surface area contributed by atoms with E-state index in [1.165, 1.54) is 27.6 Å². The third kappa shape index (κ3) is 2.38. The molecule has 0 saturated carbocycles. The van der Waals surface area contributed by atoms with E-state index in [2.05, 4.69) is 58.8 Å². The van der Waals surface area contributed by atoms with Crippen molar-refractivity contribution in [1.29, 1.82) is 0 Å². The Morgan fingerprint density at radius 3 is 3.00 bits per heavy atom. The highest BCUT2D eigenvalue weighted by Gasteiger charge is 2.20. The van der Waals surface area contributed by atoms with Crippen LogP contribution in [0.15, 0.2) is 60.9 Å². The topological polar surface area (TPSA) is 24.9 Å². The molecule has 0 saturated heterocycles. The van der Waals surface area contributed by atoms with Crippen molar-refractivity contribution in [2.24, 2.45) is 0 Å². The largest absolute Gasteiger partial charge is 0.377 e. The molecule has 104 valence electrons. The minimum atomic E-state index is 0.374. The number of hydrogen-bond acceptors (Lipinski definition) is 3. The fourth-order valence-electron chi connectivity index (χ4n) is 2.94. The van der Waals surface area contributed by atoms with Gasteiger partial charge in [0.05, 0.1) is 6.04 Å². The molecule has 0 aliphatic carbocycles. The molecule has 4 rings (SSSR count). The van der Waals surface area contributed by atoms with Crippen LogP contribution in [0.25, 0.3) is 10.8 Å². The summed E-state index contributed by atoms with van der Waals surface area (Å²) >= 11 is 2.00. The summed E-state index contributed by atoms with van der Waals surface area (Å²) in [4.78, 5) is 4.20. The van der Waals surface area contributed by atoms with E-state index in [4.69, 9.17) is 0 Å². The van der Waals surface area contributed by atoms with Crippen molar-refractivity contribution in [3.63, 3.8) is 0 Å². The highest BCUT2D eigenvalue weighted by atomic mass is 32.2. The van der Waals surface area contributed by atoms with Crippen molar-refractivity contribution >= 4 is 28.2 Å². The van der Waals surface area contributed by atoms with Gasteiger partial charge in [0.25, 0.3) is 0 Å². The van der Waals surface area contributed by atoms with Crippen molar-refractivity contribution in [2.45, 2.75) is 11.8 Å². The van der Waals surface area contributed by atoms with Crippen molar-refractivity contribution < 1.29 is 0 Å². The first kappa shape index (κ1) is 12.7. The van der Waals surface area contributed by atoms with Gasteiger partial charge in [-0.05, 0) is 23.3 Å². The fraction of sp³-hybridized carbons (Fsp3) is 0.167. The molecule has 3 aromatic rings. The zero-order chi connectivity index (χ0) is 14.1. The molecule has 2 heterocycles. The Bertz CT molecular complexity index is 780. The molecule has 1 N–H and O–H groups in total. The van der Waals surface area contributed by atoms with Crippen LogP contribution in [0.1, 0.15) is 17.2 Å². The number of pyridine rings is 1. The Kier molecular flexibility index (Phi) is 3.28. The number of hydrogen-bond donors (Lipinski definition) is 1. The van der Waals surface area contributed by atoms with Gasteiger partial charge in [0.1, 0.15) is 0 Å². The summed E-state index contributed by atoms with van der Waals surface area (Å²) in [5.41, 5.74) is 4.08. The van der Waals surface area contributed by atoms with Crippen LogP contribution < -0.4 is 5.32 Å². The monoisotopic (exact) mass is 292 g/mol. The number of aromatic nitrogens is 1. The van der Waals surface area contributed by atoms with Crippen molar-refractivity contribution in [1.82, 2.24) is 4.98 Å². The molecular formula is C18H16N2S. The first-order chi connectivity index (χ1) is 10.4. The number of nitrogens with one attached hydrogen (secondary N) is 1. The van der Waals surface area contributed by atoms with Crippen LogP contribution in [0.2, 0.25) is 0 Å². The van der Waals surface area contributed by atoms with Crippen LogP contribution in [0, 0.1) is 0 Å². The highest BCUT2D eigenvalue weighted by Crippen LogP contribution is 2.35. The molecule has 0 amide bonds. The number of benzene rings is 2. The molecule has 1 aliphatic heterocycles. The second-order valence-corrected chi connectivity index (χ2v) is 6.34. The van der Waals surface area contributed by atoms with Crippen LogP contribution >= 0.6 is 11.8 Å². The van der Waals surface area contributed by atoms with E-state index in [1.807, 2.05) is 24.2 Å². The second-order valence-electron chi connectivity index (χ2n) is 5.31. The smallest absolute Gasteiger partial charge is 0.0607 e. The van der Waals surface area contributed by atoms with E-state index in [-0.39, 0.29) is 0 Å². The standard InChI is InChI=1S/C18H16N2S/c1-2-6-15-14(4-1)11-21-12-18(15)20-17-7-3-5-13-10-19-9-8-16(13)17/h1-10,18,20H,11-12H2. The van der Waals surface area contributed by atoms with Gasteiger partial charge < -0.3 is 5.32 Å². The summed E-state index contributed by atoms with van der Waals surface area (Å²) in [5.74, 6) is 2.23. The van der Waals surface area contributed by atoms with Gasteiger partial charge in [0.2, 0.25) is 0 Å². The number of nitrogens with zero attached hydrogens (tertiary/aromatic N) is 1. The van der Waals surface area contributed by atoms with Gasteiger partial charge in [-0.2, -0.15) is 11.8 Å². The Hall–Kier alpha value is -2.00. The Balaban J connectivity index is 1.73. The van der Waals surface area contributed by atoms with E-state index in [1.54, 1.807) is 0 Å². The first-order valence-corrected chi connectivity index (χ1v) is 8.32. The van der Waals surface area contributed by atoms with Gasteiger partial charge in [-0.1, -0.05) is 36.4 Å². The van der Waals surface area contributed by atoms with Gasteiger partial charge in [-0.3, -0.25) is 4.98 Å². The SMILES string of the molecule is c1ccc2c(c1)CSCC2Nc1cccc2cnccc12. The summed E-state index contributed by atoms with van der Waals surface area (Å²) in [5, 5.41) is 6.15. The maximum Gasteiger partial charge on any atom is 0.0607 e. The molecular weight excluding hydrogens is 276 g/mol. The van der Waals surface area contributed by atoms with Crippen molar-refractivity contribution in [3.8, 4) is 0 Å². The van der Waals surface area contributed by atoms with E-state index in [0.717, 1.165) is 11.5 Å². The molecule has 0 radical (unpaired) electrons. The lowest BCUT2D eigenvalue weighted by Gasteiger charge is -2.27. The van der Waals surface area contributed by atoms with Crippen LogP contribution in [0.4, 0.5) is 5.69 Å². The van der Waals surface area contributed by atoms with Crippen molar-refractivity contribution in [3.05, 3.63) is 72.1 Å². The molecule has 1 aliphatic rings. The molecule has 1 aromatic heterocycles. The Morgan fingerprint density at radius 2 is 2.00 bits per heavy atom. The summed E-state index contributed by atoms with van der Waals surface area (Å²) in [6.07, 6.45) is 3.78. The zero-order valence-electron chi connectivity index (χ0n) is 11.6. The number of thioether (sulfide) groups is 1. The molecule has 2 nitrogen and oxygen atoms in total. The van der Waals surface area contributed by atoms with Gasteiger partial charge >= 0.3 is 0 Å². The van der Waals surface area contributed by atoms with Gasteiger partial charge in [0.15, 0.2) is 0 Å². The lowest BCUT2D eigenvalue weighted by atomic mass is 10.0. The predicted octanol–water partition coefficient (Wildman–Crippen LogP) is 4.63. The minimum absolute atomic E-state index is 0.374. The zero-order valence-corrected chi connectivity index (χ0v) is 12.4. The molecule has 0 fully saturated rings. The third-order valence-electron chi connectivity index (χ3n) is 3.98. The number of fused-ring (bicyclic) bond motifs is 2. The van der Waals surface area contributed by atoms with Crippen LogP contribution in [-0.4, -0.2) is 10.7 Å². The Morgan fingerprint density at radius 1 is 1.05 bits per heavy atom. The van der Waals surface area contributed by atoms with Gasteiger partial charge in [0, 0.05) is 40.4 Å². The van der Waals surface area contributed by atoms with Crippen LogP contribution in [0.5, 0.6) is 0 Å². The molecule has 2 aromatic carbocycles. The molecule has 1 unspecified atom stereocenters. The molecule has 1 atom stereocenters. The molecule has 0 spiro atoms. The van der Waals surface area contributed by atoms with Crippen LogP contribution in [0.3, 0.4) is 0 Å². The third-order valence-corrected chi connectivity index (χ3v) is 5.07. The second kappa shape index (κ2) is 5.41. The quantitative estimate of drug-likeness (QED) is 0.745. The minimum Gasteiger partial charge on any atom is -0.377 e. The van der Waals surface area contributed by atoms with Crippen LogP contribution in [-0.2, 0) is 5.75 Å². The summed E-state index contributed by atoms with van der Waals surface area (Å²) < 4.78 is 0. The predicted molar refractivity (Wildman–Crippen MR) is 90.7 cm³/mol. The van der Waals surface area contributed by atoms with E-state index in [0.29, 0.717) is 6.04 Å². The number of rotatable bonds is 2. The lowest BCUT2D eigenvalue weighted by molar-refractivity contribution is 0.873. The molecule has 3 heteroatoms. The molecule has 21 heavy (non-hydrogen) atoms. The van der Waals surface area contributed by atoms with E-state index in [9.17, 15) is 0 Å². The summed E-state index contributed by atoms with van der Waals surface area (Å²) in [6, 6.07) is 17.6. The molecule has 0 bridgehead atoms. The first-order valence-electron chi connectivity index (χ1n) is 7.16. The highest BCUT2D eigenvalue weighted by molar-refractivity contribution is 7.98. The van der Waals surface area contributed by atoms with Gasteiger partial charge in [-0.15, -0.1) is 0 Å². The summed E-state index contributed by atoms with van der Waals surface area (Å²) in [7, 11) is 0. The Labute approximate surface area is 128 Å². The van der Waals surface area contributed by atoms with Gasteiger partial charge in [-0.25, -0.2) is 0 Å². The average molecular weight is 292 g/mol. The fourth-order valence-corrected chi connectivity index (χ4v) is 4.04. The summed E-state index contributed by atoms with van der Waals surface area (Å²) in [6.45, 7) is 0. The van der Waals surface area contributed by atoms with Crippen molar-refractivity contribution in [2.75, 3.05) is 11.1 Å². The van der Waals surface area contributed by atoms with E-state index >= 15 is 0 Å². The lowest BCUT2D eigenvalue weighted by Crippen LogP contribution is -2.18. The maximum absolute atomic E-state index is 4.20.